The van der Waals surface area contributed by atoms with Gasteiger partial charge in [-0.05, 0) is 35.2 Å². The highest BCUT2D eigenvalue weighted by Gasteiger charge is 2.43. The summed E-state index contributed by atoms with van der Waals surface area (Å²) in [6.07, 6.45) is 0.640. The van der Waals surface area contributed by atoms with Crippen molar-refractivity contribution in [2.75, 3.05) is 20.2 Å². The zero-order chi connectivity index (χ0) is 22.4. The molecule has 0 unspecified atom stereocenters. The van der Waals surface area contributed by atoms with Gasteiger partial charge in [-0.3, -0.25) is 4.84 Å². The molecule has 1 heterocycles. The monoisotopic (exact) mass is 452 g/mol. The summed E-state index contributed by atoms with van der Waals surface area (Å²) in [6, 6.07) is 26.9. The summed E-state index contributed by atoms with van der Waals surface area (Å²) in [5.74, 6) is 0.736. The van der Waals surface area contributed by atoms with Crippen LogP contribution in [0.1, 0.15) is 22.7 Å². The second-order valence-corrected chi connectivity index (χ2v) is 9.83. The quantitative estimate of drug-likeness (QED) is 0.536. The van der Waals surface area contributed by atoms with Gasteiger partial charge in [-0.2, -0.15) is 5.06 Å². The van der Waals surface area contributed by atoms with Crippen LogP contribution in [-0.4, -0.2) is 38.9 Å². The molecule has 0 aromatic heterocycles. The molecule has 1 fully saturated rings. The molecule has 0 bridgehead atoms. The maximum atomic E-state index is 13.0. The molecule has 4 rings (SSSR count). The van der Waals surface area contributed by atoms with Crippen molar-refractivity contribution in [3.05, 3.63) is 102 Å². The van der Waals surface area contributed by atoms with Crippen LogP contribution in [0.2, 0.25) is 0 Å². The van der Waals surface area contributed by atoms with Crippen molar-refractivity contribution >= 4 is 10.0 Å². The molecule has 1 saturated heterocycles. The van der Waals surface area contributed by atoms with Crippen molar-refractivity contribution in [2.45, 2.75) is 24.3 Å². The van der Waals surface area contributed by atoms with E-state index in [2.05, 4.69) is 4.72 Å². The molecule has 168 valence electrons. The Morgan fingerprint density at radius 1 is 0.938 bits per heavy atom. The van der Waals surface area contributed by atoms with Gasteiger partial charge in [0.05, 0.1) is 12.6 Å². The largest absolute Gasteiger partial charge is 0.489 e. The number of hydroxylamine groups is 2. The minimum absolute atomic E-state index is 0.119. The fourth-order valence-corrected chi connectivity index (χ4v) is 5.38. The molecule has 7 heteroatoms. The fraction of sp³-hybridized carbons (Fsp3) is 0.280. The van der Waals surface area contributed by atoms with E-state index in [-0.39, 0.29) is 6.61 Å². The molecule has 32 heavy (non-hydrogen) atoms. The summed E-state index contributed by atoms with van der Waals surface area (Å²) in [6.45, 7) is 0.953. The van der Waals surface area contributed by atoms with Crippen molar-refractivity contribution < 1.29 is 18.0 Å². The molecular weight excluding hydrogens is 424 g/mol. The first-order valence-electron chi connectivity index (χ1n) is 10.7. The summed E-state index contributed by atoms with van der Waals surface area (Å²) < 4.78 is 34.7. The first-order chi connectivity index (χ1) is 15.5. The Morgan fingerprint density at radius 2 is 1.56 bits per heavy atom. The maximum Gasteiger partial charge on any atom is 0.218 e. The van der Waals surface area contributed by atoms with E-state index in [4.69, 9.17) is 9.57 Å². The molecule has 2 atom stereocenters. The molecule has 0 aliphatic carbocycles. The number of ether oxygens (including phenoxy) is 1. The van der Waals surface area contributed by atoms with Gasteiger partial charge >= 0.3 is 0 Å². The molecule has 3 aromatic rings. The Kier molecular flexibility index (Phi) is 7.22. The fourth-order valence-electron chi connectivity index (χ4n) is 3.87. The van der Waals surface area contributed by atoms with E-state index in [1.165, 1.54) is 0 Å². The van der Waals surface area contributed by atoms with Crippen LogP contribution in [0.3, 0.4) is 0 Å². The van der Waals surface area contributed by atoms with Gasteiger partial charge in [0.1, 0.15) is 17.6 Å². The summed E-state index contributed by atoms with van der Waals surface area (Å²) in [5, 5.41) is 0.931. The molecule has 0 spiro atoms. The predicted molar refractivity (Wildman–Crippen MR) is 125 cm³/mol. The van der Waals surface area contributed by atoms with E-state index >= 15 is 0 Å². The van der Waals surface area contributed by atoms with E-state index in [0.717, 1.165) is 22.4 Å². The zero-order valence-corrected chi connectivity index (χ0v) is 18.9. The second-order valence-electron chi connectivity index (χ2n) is 7.84. The Hall–Kier alpha value is -2.71. The van der Waals surface area contributed by atoms with Crippen molar-refractivity contribution in [3.63, 3.8) is 0 Å². The highest BCUT2D eigenvalue weighted by atomic mass is 32.2. The van der Waals surface area contributed by atoms with Gasteiger partial charge in [-0.25, -0.2) is 13.1 Å². The number of hydrogen-bond acceptors (Lipinski definition) is 5. The van der Waals surface area contributed by atoms with E-state index in [1.54, 1.807) is 12.1 Å². The van der Waals surface area contributed by atoms with Gasteiger partial charge in [0.2, 0.25) is 10.0 Å². The highest BCUT2D eigenvalue weighted by Crippen LogP contribution is 2.34. The van der Waals surface area contributed by atoms with Gasteiger partial charge in [0.25, 0.3) is 0 Å². The molecule has 0 radical (unpaired) electrons. The lowest BCUT2D eigenvalue weighted by Gasteiger charge is -2.23. The van der Waals surface area contributed by atoms with Gasteiger partial charge < -0.3 is 4.74 Å². The molecular formula is C25H28N2O4S. The van der Waals surface area contributed by atoms with Gasteiger partial charge in [0, 0.05) is 13.6 Å². The molecule has 0 saturated carbocycles. The number of sulfonamides is 1. The van der Waals surface area contributed by atoms with Crippen LogP contribution < -0.4 is 9.46 Å². The smallest absolute Gasteiger partial charge is 0.218 e. The van der Waals surface area contributed by atoms with Crippen LogP contribution in [0.25, 0.3) is 0 Å². The van der Waals surface area contributed by atoms with Gasteiger partial charge in [-0.15, -0.1) is 0 Å². The third kappa shape index (κ3) is 5.55. The van der Waals surface area contributed by atoms with Crippen molar-refractivity contribution in [3.8, 4) is 5.75 Å². The van der Waals surface area contributed by atoms with Gasteiger partial charge in [-0.1, -0.05) is 72.8 Å². The average molecular weight is 453 g/mol. The van der Waals surface area contributed by atoms with Crippen LogP contribution >= 0.6 is 0 Å². The first-order valence-corrected chi connectivity index (χ1v) is 12.2. The van der Waals surface area contributed by atoms with Crippen molar-refractivity contribution in [1.82, 2.24) is 9.79 Å². The van der Waals surface area contributed by atoms with E-state index < -0.39 is 21.3 Å². The van der Waals surface area contributed by atoms with Crippen LogP contribution in [-0.2, 0) is 27.9 Å². The minimum Gasteiger partial charge on any atom is -0.489 e. The summed E-state index contributed by atoms with van der Waals surface area (Å²) in [4.78, 5) is 5.60. The Morgan fingerprint density at radius 3 is 2.22 bits per heavy atom. The average Bonchev–Trinajstić information content (AvgIpc) is 3.22. The topological polar surface area (TPSA) is 67.9 Å². The summed E-state index contributed by atoms with van der Waals surface area (Å²) in [7, 11) is -1.80. The standard InChI is InChI=1S/C25H28N2O4S/c1-27-25(22-12-14-23(15-13-22)30-18-21-10-6-3-7-11-21)24(19-31-27)32(28,29)26-17-16-20-8-4-2-5-9-20/h2-15,24-26H,16-19H2,1H3/t24-,25+/m1/s1. The lowest BCUT2D eigenvalue weighted by molar-refractivity contribution is -0.110. The van der Waals surface area contributed by atoms with Crippen LogP contribution in [0.5, 0.6) is 5.75 Å². The number of hydrogen-bond donors (Lipinski definition) is 1. The molecule has 0 amide bonds. The third-order valence-corrected chi connectivity index (χ3v) is 7.41. The number of nitrogens with one attached hydrogen (secondary N) is 1. The number of nitrogens with zero attached hydrogens (tertiary/aromatic N) is 1. The zero-order valence-electron chi connectivity index (χ0n) is 18.1. The Balaban J connectivity index is 1.39. The molecule has 3 aromatic carbocycles. The van der Waals surface area contributed by atoms with E-state index in [1.807, 2.05) is 84.9 Å². The Labute approximate surface area is 189 Å². The number of benzene rings is 3. The normalized spacial score (nSPS) is 19.2. The third-order valence-electron chi connectivity index (χ3n) is 5.61. The first kappa shape index (κ1) is 22.5. The Bertz CT molecular complexity index is 1090. The minimum atomic E-state index is -3.56. The van der Waals surface area contributed by atoms with Crippen LogP contribution in [0.4, 0.5) is 0 Å². The lowest BCUT2D eigenvalue weighted by atomic mass is 10.0. The SMILES string of the molecule is CN1OC[C@@H](S(=O)(=O)NCCc2ccccc2)[C@@H]1c1ccc(OCc2ccccc2)cc1. The van der Waals surface area contributed by atoms with E-state index in [0.29, 0.717) is 19.6 Å². The predicted octanol–water partition coefficient (Wildman–Crippen LogP) is 3.71. The summed E-state index contributed by atoms with van der Waals surface area (Å²) >= 11 is 0. The molecule has 1 N–H and O–H groups in total. The van der Waals surface area contributed by atoms with Gasteiger partial charge in [0.15, 0.2) is 0 Å². The highest BCUT2D eigenvalue weighted by molar-refractivity contribution is 7.90. The van der Waals surface area contributed by atoms with Crippen molar-refractivity contribution in [1.29, 1.82) is 0 Å². The number of rotatable bonds is 9. The van der Waals surface area contributed by atoms with Crippen LogP contribution in [0, 0.1) is 0 Å². The lowest BCUT2D eigenvalue weighted by Crippen LogP contribution is -2.40. The summed E-state index contributed by atoms with van der Waals surface area (Å²) in [5.41, 5.74) is 3.06. The maximum absolute atomic E-state index is 13.0. The van der Waals surface area contributed by atoms with Crippen LogP contribution in [0.15, 0.2) is 84.9 Å². The second kappa shape index (κ2) is 10.3. The van der Waals surface area contributed by atoms with Crippen molar-refractivity contribution in [2.24, 2.45) is 0 Å². The molecule has 1 aliphatic rings. The van der Waals surface area contributed by atoms with E-state index in [9.17, 15) is 8.42 Å². The molecule has 6 nitrogen and oxygen atoms in total. The molecule has 1 aliphatic heterocycles.